The summed E-state index contributed by atoms with van der Waals surface area (Å²) in [7, 11) is 1.80. The molecule has 0 spiro atoms. The van der Waals surface area contributed by atoms with E-state index in [-0.39, 0.29) is 17.6 Å². The lowest BCUT2D eigenvalue weighted by atomic mass is 10.2. The molecule has 0 aliphatic rings. The van der Waals surface area contributed by atoms with Crippen LogP contribution < -0.4 is 5.32 Å². The highest BCUT2D eigenvalue weighted by Crippen LogP contribution is 2.08. The third kappa shape index (κ3) is 2.74. The van der Waals surface area contributed by atoms with Gasteiger partial charge in [0.25, 0.3) is 5.91 Å². The predicted molar refractivity (Wildman–Crippen MR) is 65.8 cm³/mol. The molecule has 0 saturated carbocycles. The lowest BCUT2D eigenvalue weighted by molar-refractivity contribution is 0.0932. The third-order valence-corrected chi connectivity index (χ3v) is 2.61. The molecule has 7 heteroatoms. The molecule has 1 unspecified atom stereocenters. The van der Waals surface area contributed by atoms with Crippen LogP contribution >= 0.6 is 0 Å². The van der Waals surface area contributed by atoms with Gasteiger partial charge in [0.2, 0.25) is 0 Å². The fourth-order valence-electron chi connectivity index (χ4n) is 1.61. The van der Waals surface area contributed by atoms with Crippen molar-refractivity contribution in [3.63, 3.8) is 0 Å². The molecule has 0 aromatic carbocycles. The Morgan fingerprint density at radius 1 is 1.53 bits per heavy atom. The quantitative estimate of drug-likeness (QED) is 0.866. The van der Waals surface area contributed by atoms with Crippen molar-refractivity contribution in [3.8, 4) is 6.07 Å². The maximum atomic E-state index is 11.9. The van der Waals surface area contributed by atoms with E-state index in [1.165, 1.54) is 12.3 Å². The van der Waals surface area contributed by atoms with E-state index in [1.807, 2.05) is 13.0 Å². The number of nitrogens with zero attached hydrogens (tertiary/aromatic N) is 5. The first-order valence-corrected chi connectivity index (χ1v) is 5.62. The zero-order chi connectivity index (χ0) is 13.8. The molecule has 7 nitrogen and oxygen atoms in total. The number of amides is 1. The van der Waals surface area contributed by atoms with Crippen molar-refractivity contribution >= 4 is 5.91 Å². The molecule has 1 N–H and O–H groups in total. The molecule has 0 bridgehead atoms. The summed E-state index contributed by atoms with van der Waals surface area (Å²) in [4.78, 5) is 15.9. The van der Waals surface area contributed by atoms with Crippen molar-refractivity contribution in [1.29, 1.82) is 5.26 Å². The Morgan fingerprint density at radius 3 is 2.84 bits per heavy atom. The van der Waals surface area contributed by atoms with Gasteiger partial charge in [-0.3, -0.25) is 4.79 Å². The number of hydrogen-bond acceptors (Lipinski definition) is 5. The van der Waals surface area contributed by atoms with Crippen LogP contribution in [-0.2, 0) is 7.05 Å². The van der Waals surface area contributed by atoms with Gasteiger partial charge in [-0.05, 0) is 19.1 Å². The van der Waals surface area contributed by atoms with Crippen LogP contribution in [0.4, 0.5) is 0 Å². The molecular formula is C12H12N6O. The summed E-state index contributed by atoms with van der Waals surface area (Å²) in [6.07, 6.45) is 2.93. The second-order valence-electron chi connectivity index (χ2n) is 4.04. The Labute approximate surface area is 109 Å². The largest absolute Gasteiger partial charge is 0.341 e. The van der Waals surface area contributed by atoms with E-state index in [4.69, 9.17) is 5.26 Å². The molecule has 2 rings (SSSR count). The molecule has 0 aliphatic carbocycles. The molecule has 0 aliphatic heterocycles. The molecule has 0 fully saturated rings. The molecule has 19 heavy (non-hydrogen) atoms. The summed E-state index contributed by atoms with van der Waals surface area (Å²) in [5.41, 5.74) is 0.672. The number of nitriles is 1. The standard InChI is InChI=1S/C12H12N6O/c1-8(11-17-15-7-18(11)2)16-12(19)10-4-3-9(5-13)6-14-10/h3-4,6-8H,1-2H3,(H,16,19). The predicted octanol–water partition coefficient (Wildman–Crippen LogP) is 0.573. The van der Waals surface area contributed by atoms with E-state index in [2.05, 4.69) is 20.5 Å². The lowest BCUT2D eigenvalue weighted by Crippen LogP contribution is -2.29. The number of nitrogens with one attached hydrogen (secondary N) is 1. The van der Waals surface area contributed by atoms with Gasteiger partial charge in [0.1, 0.15) is 18.1 Å². The molecule has 2 aromatic heterocycles. The summed E-state index contributed by atoms with van der Waals surface area (Å²) in [6.45, 7) is 1.81. The number of carbonyl (C=O) groups is 1. The second-order valence-corrected chi connectivity index (χ2v) is 4.04. The SMILES string of the molecule is CC(NC(=O)c1ccc(C#N)cn1)c1nncn1C. The van der Waals surface area contributed by atoms with Gasteiger partial charge in [-0.1, -0.05) is 0 Å². The van der Waals surface area contributed by atoms with Gasteiger partial charge in [0, 0.05) is 13.2 Å². The fourth-order valence-corrected chi connectivity index (χ4v) is 1.61. The minimum atomic E-state index is -0.319. The Hall–Kier alpha value is -2.75. The van der Waals surface area contributed by atoms with Crippen molar-refractivity contribution in [1.82, 2.24) is 25.1 Å². The van der Waals surface area contributed by atoms with E-state index in [1.54, 1.807) is 24.0 Å². The van der Waals surface area contributed by atoms with Crippen LogP contribution in [0.2, 0.25) is 0 Å². The normalized spacial score (nSPS) is 11.6. The minimum Gasteiger partial charge on any atom is -0.341 e. The summed E-state index contributed by atoms with van der Waals surface area (Å²) in [5, 5.41) is 19.1. The van der Waals surface area contributed by atoms with E-state index < -0.39 is 0 Å². The molecule has 96 valence electrons. The molecule has 2 heterocycles. The maximum Gasteiger partial charge on any atom is 0.270 e. The van der Waals surface area contributed by atoms with E-state index in [0.717, 1.165) is 0 Å². The van der Waals surface area contributed by atoms with Crippen LogP contribution in [0.3, 0.4) is 0 Å². The van der Waals surface area contributed by atoms with Crippen molar-refractivity contribution in [2.24, 2.45) is 7.05 Å². The topological polar surface area (TPSA) is 96.5 Å². The smallest absolute Gasteiger partial charge is 0.270 e. The van der Waals surface area contributed by atoms with Crippen LogP contribution in [0, 0.1) is 11.3 Å². The number of carbonyl (C=O) groups excluding carboxylic acids is 1. The van der Waals surface area contributed by atoms with Gasteiger partial charge in [-0.25, -0.2) is 4.98 Å². The molecule has 1 amide bonds. The Bertz CT molecular complexity index is 624. The summed E-state index contributed by atoms with van der Waals surface area (Å²) >= 11 is 0. The minimum absolute atomic E-state index is 0.257. The van der Waals surface area contributed by atoms with Crippen LogP contribution in [0.5, 0.6) is 0 Å². The van der Waals surface area contributed by atoms with Crippen LogP contribution in [0.1, 0.15) is 34.8 Å². The van der Waals surface area contributed by atoms with E-state index in [0.29, 0.717) is 11.4 Å². The number of aromatic nitrogens is 4. The van der Waals surface area contributed by atoms with E-state index in [9.17, 15) is 4.79 Å². The number of rotatable bonds is 3. The summed E-state index contributed by atoms with van der Waals surface area (Å²) in [6, 6.07) is 4.73. The molecule has 0 radical (unpaired) electrons. The zero-order valence-electron chi connectivity index (χ0n) is 10.5. The first kappa shape index (κ1) is 12.7. The van der Waals surface area contributed by atoms with Crippen LogP contribution in [-0.4, -0.2) is 25.7 Å². The van der Waals surface area contributed by atoms with Crippen LogP contribution in [0.25, 0.3) is 0 Å². The van der Waals surface area contributed by atoms with Crippen LogP contribution in [0.15, 0.2) is 24.7 Å². The maximum absolute atomic E-state index is 11.9. The highest BCUT2D eigenvalue weighted by Gasteiger charge is 2.16. The van der Waals surface area contributed by atoms with Gasteiger partial charge < -0.3 is 9.88 Å². The van der Waals surface area contributed by atoms with Gasteiger partial charge in [0.15, 0.2) is 5.82 Å². The third-order valence-electron chi connectivity index (χ3n) is 2.61. The lowest BCUT2D eigenvalue weighted by Gasteiger charge is -2.12. The first-order valence-electron chi connectivity index (χ1n) is 5.62. The average Bonchev–Trinajstić information content (AvgIpc) is 2.85. The highest BCUT2D eigenvalue weighted by atomic mass is 16.1. The van der Waals surface area contributed by atoms with Crippen molar-refractivity contribution in [3.05, 3.63) is 41.7 Å². The molecule has 2 aromatic rings. The monoisotopic (exact) mass is 256 g/mol. The van der Waals surface area contributed by atoms with Crippen molar-refractivity contribution in [2.45, 2.75) is 13.0 Å². The van der Waals surface area contributed by atoms with Gasteiger partial charge in [-0.2, -0.15) is 5.26 Å². The van der Waals surface area contributed by atoms with Gasteiger partial charge in [-0.15, -0.1) is 10.2 Å². The second kappa shape index (κ2) is 5.27. The summed E-state index contributed by atoms with van der Waals surface area (Å²) in [5.74, 6) is 0.335. The van der Waals surface area contributed by atoms with E-state index >= 15 is 0 Å². The average molecular weight is 256 g/mol. The zero-order valence-corrected chi connectivity index (χ0v) is 10.5. The Morgan fingerprint density at radius 2 is 2.32 bits per heavy atom. The number of aryl methyl sites for hydroxylation is 1. The summed E-state index contributed by atoms with van der Waals surface area (Å²) < 4.78 is 1.73. The number of hydrogen-bond donors (Lipinski definition) is 1. The fraction of sp³-hybridized carbons (Fsp3) is 0.250. The van der Waals surface area contributed by atoms with Gasteiger partial charge >= 0.3 is 0 Å². The number of pyridine rings is 1. The Balaban J connectivity index is 2.09. The van der Waals surface area contributed by atoms with Crippen molar-refractivity contribution < 1.29 is 4.79 Å². The van der Waals surface area contributed by atoms with Gasteiger partial charge in [0.05, 0.1) is 11.6 Å². The molecule has 0 saturated heterocycles. The molecule has 1 atom stereocenters. The first-order chi connectivity index (χ1) is 9.11. The molecular weight excluding hydrogens is 244 g/mol. The van der Waals surface area contributed by atoms with Crippen molar-refractivity contribution in [2.75, 3.05) is 0 Å². The highest BCUT2D eigenvalue weighted by molar-refractivity contribution is 5.92. The Kier molecular flexibility index (Phi) is 3.52.